The first kappa shape index (κ1) is 14.4. The van der Waals surface area contributed by atoms with Crippen molar-refractivity contribution in [2.45, 2.75) is 0 Å². The molecule has 1 amide bonds. The average molecular weight is 386 g/mol. The van der Waals surface area contributed by atoms with E-state index < -0.39 is 11.7 Å². The molecule has 2 aromatic carbocycles. The Bertz CT molecular complexity index is 852. The van der Waals surface area contributed by atoms with Crippen molar-refractivity contribution in [3.8, 4) is 0 Å². The van der Waals surface area contributed by atoms with E-state index in [0.717, 1.165) is 4.70 Å². The van der Waals surface area contributed by atoms with Gasteiger partial charge in [-0.25, -0.2) is 9.37 Å². The van der Waals surface area contributed by atoms with Crippen LogP contribution in [0.1, 0.15) is 10.4 Å². The van der Waals surface area contributed by atoms with E-state index in [1.165, 1.54) is 29.5 Å². The summed E-state index contributed by atoms with van der Waals surface area (Å²) in [5.41, 5.74) is 2.91. The van der Waals surface area contributed by atoms with Crippen molar-refractivity contribution < 1.29 is 9.18 Å². The summed E-state index contributed by atoms with van der Waals surface area (Å²) in [6, 6.07) is 7.80. The molecule has 0 bridgehead atoms. The first-order chi connectivity index (χ1) is 10.1. The number of nitrogens with zero attached hydrogens (tertiary/aromatic N) is 1. The highest BCUT2D eigenvalue weighted by atomic mass is 79.9. The van der Waals surface area contributed by atoms with E-state index in [4.69, 9.17) is 11.6 Å². The fraction of sp³-hybridized carbons (Fsp3) is 0. The monoisotopic (exact) mass is 384 g/mol. The van der Waals surface area contributed by atoms with Crippen LogP contribution >= 0.6 is 38.9 Å². The molecule has 3 nitrogen and oxygen atoms in total. The van der Waals surface area contributed by atoms with E-state index >= 15 is 0 Å². The number of rotatable bonds is 2. The minimum atomic E-state index is -0.499. The maximum absolute atomic E-state index is 13.5. The Morgan fingerprint density at radius 3 is 2.95 bits per heavy atom. The van der Waals surface area contributed by atoms with Gasteiger partial charge in [0.25, 0.3) is 5.91 Å². The van der Waals surface area contributed by atoms with Gasteiger partial charge in [0.15, 0.2) is 0 Å². The molecule has 0 saturated heterocycles. The topological polar surface area (TPSA) is 42.0 Å². The number of aromatic nitrogens is 1. The zero-order valence-electron chi connectivity index (χ0n) is 10.4. The van der Waals surface area contributed by atoms with Gasteiger partial charge < -0.3 is 5.32 Å². The van der Waals surface area contributed by atoms with Gasteiger partial charge in [0.2, 0.25) is 0 Å². The number of nitrogens with one attached hydrogen (secondary N) is 1. The average Bonchev–Trinajstić information content (AvgIpc) is 2.93. The Balaban J connectivity index is 2.02. The SMILES string of the molecule is O=C(Nc1c(Cl)ccc2scnc12)c1cccc(F)c1Br. The van der Waals surface area contributed by atoms with Crippen LogP contribution in [0.15, 0.2) is 40.3 Å². The maximum atomic E-state index is 13.5. The molecule has 0 spiro atoms. The van der Waals surface area contributed by atoms with Gasteiger partial charge >= 0.3 is 0 Å². The highest BCUT2D eigenvalue weighted by Gasteiger charge is 2.16. The highest BCUT2D eigenvalue weighted by molar-refractivity contribution is 9.10. The van der Waals surface area contributed by atoms with Crippen LogP contribution in [0.25, 0.3) is 10.2 Å². The van der Waals surface area contributed by atoms with Crippen molar-refractivity contribution in [1.82, 2.24) is 4.98 Å². The molecule has 3 rings (SSSR count). The molecule has 0 aliphatic carbocycles. The Kier molecular flexibility index (Phi) is 3.93. The van der Waals surface area contributed by atoms with Crippen LogP contribution < -0.4 is 5.32 Å². The Morgan fingerprint density at radius 1 is 1.33 bits per heavy atom. The number of thiazole rings is 1. The van der Waals surface area contributed by atoms with Crippen LogP contribution in [0.3, 0.4) is 0 Å². The summed E-state index contributed by atoms with van der Waals surface area (Å²) in [7, 11) is 0. The molecule has 7 heteroatoms. The zero-order chi connectivity index (χ0) is 15.0. The first-order valence-electron chi connectivity index (χ1n) is 5.85. The van der Waals surface area contributed by atoms with Gasteiger partial charge in [-0.3, -0.25) is 4.79 Å². The summed E-state index contributed by atoms with van der Waals surface area (Å²) in [5, 5.41) is 3.08. The number of halogens is 3. The number of amides is 1. The third kappa shape index (κ3) is 2.66. The molecule has 1 heterocycles. The first-order valence-corrected chi connectivity index (χ1v) is 7.90. The van der Waals surface area contributed by atoms with E-state index in [1.54, 1.807) is 11.6 Å². The molecule has 0 radical (unpaired) electrons. The lowest BCUT2D eigenvalue weighted by atomic mass is 10.2. The maximum Gasteiger partial charge on any atom is 0.257 e. The summed E-state index contributed by atoms with van der Waals surface area (Å²) in [6.07, 6.45) is 0. The molecule has 0 aliphatic rings. The minimum Gasteiger partial charge on any atom is -0.319 e. The van der Waals surface area contributed by atoms with Crippen molar-refractivity contribution in [3.63, 3.8) is 0 Å². The predicted octanol–water partition coefficient (Wildman–Crippen LogP) is 5.10. The number of carbonyl (C=O) groups is 1. The number of benzene rings is 2. The van der Waals surface area contributed by atoms with E-state index in [-0.39, 0.29) is 10.0 Å². The normalized spacial score (nSPS) is 10.8. The standard InChI is InChI=1S/C14H7BrClFN2OS/c15-11-7(2-1-3-9(11)17)14(20)19-12-8(16)4-5-10-13(12)18-6-21-10/h1-6H,(H,19,20). The molecule has 21 heavy (non-hydrogen) atoms. The summed E-state index contributed by atoms with van der Waals surface area (Å²) in [6.45, 7) is 0. The summed E-state index contributed by atoms with van der Waals surface area (Å²) in [4.78, 5) is 16.5. The van der Waals surface area contributed by atoms with Gasteiger partial charge in [-0.05, 0) is 40.2 Å². The minimum absolute atomic E-state index is 0.115. The van der Waals surface area contributed by atoms with Crippen LogP contribution in [0.5, 0.6) is 0 Å². The third-order valence-electron chi connectivity index (χ3n) is 2.89. The van der Waals surface area contributed by atoms with E-state index in [0.29, 0.717) is 16.2 Å². The fourth-order valence-corrected chi connectivity index (χ4v) is 3.21. The van der Waals surface area contributed by atoms with Crippen molar-refractivity contribution in [3.05, 3.63) is 56.7 Å². The second kappa shape index (κ2) is 5.71. The zero-order valence-corrected chi connectivity index (χ0v) is 13.5. The summed E-state index contributed by atoms with van der Waals surface area (Å²) in [5.74, 6) is -0.954. The van der Waals surface area contributed by atoms with E-state index in [2.05, 4.69) is 26.2 Å². The molecule has 106 valence electrons. The Labute approximate surface area is 136 Å². The third-order valence-corrected chi connectivity index (χ3v) is 4.80. The fourth-order valence-electron chi connectivity index (χ4n) is 1.89. The second-order valence-corrected chi connectivity index (χ2v) is 6.26. The largest absolute Gasteiger partial charge is 0.319 e. The number of carbonyl (C=O) groups excluding carboxylic acids is 1. The van der Waals surface area contributed by atoms with Crippen molar-refractivity contribution in [2.24, 2.45) is 0 Å². The number of hydrogen-bond donors (Lipinski definition) is 1. The number of fused-ring (bicyclic) bond motifs is 1. The molecule has 3 aromatic rings. The molecule has 0 saturated carbocycles. The van der Waals surface area contributed by atoms with E-state index in [9.17, 15) is 9.18 Å². The van der Waals surface area contributed by atoms with Gasteiger partial charge in [0.1, 0.15) is 11.3 Å². The van der Waals surface area contributed by atoms with Gasteiger partial charge in [-0.15, -0.1) is 11.3 Å². The van der Waals surface area contributed by atoms with Crippen molar-refractivity contribution in [1.29, 1.82) is 0 Å². The summed E-state index contributed by atoms with van der Waals surface area (Å²) >= 11 is 10.6. The Morgan fingerprint density at radius 2 is 2.14 bits per heavy atom. The molecular weight excluding hydrogens is 379 g/mol. The van der Waals surface area contributed by atoms with E-state index in [1.807, 2.05) is 6.07 Å². The van der Waals surface area contributed by atoms with Gasteiger partial charge in [-0.2, -0.15) is 0 Å². The molecule has 0 atom stereocenters. The van der Waals surface area contributed by atoms with Crippen molar-refractivity contribution >= 4 is 60.7 Å². The lowest BCUT2D eigenvalue weighted by molar-refractivity contribution is 0.102. The van der Waals surface area contributed by atoms with Crippen LogP contribution in [-0.4, -0.2) is 10.9 Å². The van der Waals surface area contributed by atoms with Crippen LogP contribution in [0.4, 0.5) is 10.1 Å². The molecule has 1 N–H and O–H groups in total. The summed E-state index contributed by atoms with van der Waals surface area (Å²) < 4.78 is 14.5. The lowest BCUT2D eigenvalue weighted by Gasteiger charge is -2.09. The smallest absolute Gasteiger partial charge is 0.257 e. The molecule has 0 aliphatic heterocycles. The van der Waals surface area contributed by atoms with Gasteiger partial charge in [-0.1, -0.05) is 17.7 Å². The molecule has 1 aromatic heterocycles. The van der Waals surface area contributed by atoms with Crippen LogP contribution in [0.2, 0.25) is 5.02 Å². The highest BCUT2D eigenvalue weighted by Crippen LogP contribution is 2.33. The van der Waals surface area contributed by atoms with Crippen LogP contribution in [-0.2, 0) is 0 Å². The number of hydrogen-bond acceptors (Lipinski definition) is 3. The molecular formula is C14H7BrClFN2OS. The van der Waals surface area contributed by atoms with Crippen molar-refractivity contribution in [2.75, 3.05) is 5.32 Å². The predicted molar refractivity (Wildman–Crippen MR) is 86.7 cm³/mol. The van der Waals surface area contributed by atoms with Crippen LogP contribution in [0, 0.1) is 5.82 Å². The van der Waals surface area contributed by atoms with Gasteiger partial charge in [0.05, 0.1) is 31.0 Å². The number of anilines is 1. The molecule has 0 unspecified atom stereocenters. The quantitative estimate of drug-likeness (QED) is 0.666. The lowest BCUT2D eigenvalue weighted by Crippen LogP contribution is -2.13. The second-order valence-electron chi connectivity index (χ2n) is 4.18. The Hall–Kier alpha value is -1.50. The molecule has 0 fully saturated rings. The van der Waals surface area contributed by atoms with Gasteiger partial charge in [0, 0.05) is 0 Å².